The number of anilines is 1. The van der Waals surface area contributed by atoms with Gasteiger partial charge in [-0.1, -0.05) is 45.0 Å². The second-order valence-electron chi connectivity index (χ2n) is 9.54. The van der Waals surface area contributed by atoms with Crippen molar-refractivity contribution in [1.82, 2.24) is 9.97 Å². The van der Waals surface area contributed by atoms with Crippen LogP contribution in [0.3, 0.4) is 0 Å². The van der Waals surface area contributed by atoms with Crippen molar-refractivity contribution in [1.29, 1.82) is 0 Å². The van der Waals surface area contributed by atoms with Crippen LogP contribution in [0.4, 0.5) is 5.95 Å². The van der Waals surface area contributed by atoms with Gasteiger partial charge in [0.15, 0.2) is 0 Å². The summed E-state index contributed by atoms with van der Waals surface area (Å²) in [7, 11) is 0. The number of furan rings is 1. The molecule has 2 N–H and O–H groups in total. The quantitative estimate of drug-likeness (QED) is 0.245. The summed E-state index contributed by atoms with van der Waals surface area (Å²) in [6.45, 7) is 8.08. The number of fused-ring (bicyclic) bond motifs is 1. The number of rotatable bonds is 3. The van der Waals surface area contributed by atoms with E-state index in [-0.39, 0.29) is 22.7 Å². The lowest BCUT2D eigenvalue weighted by Gasteiger charge is -2.22. The Morgan fingerprint density at radius 2 is 1.85 bits per heavy atom. The highest BCUT2D eigenvalue weighted by molar-refractivity contribution is 6.51. The number of benzene rings is 2. The molecule has 2 aromatic heterocycles. The molecule has 7 heteroatoms. The maximum absolute atomic E-state index is 13.3. The molecule has 3 heterocycles. The molecule has 1 atom stereocenters. The zero-order valence-electron chi connectivity index (χ0n) is 19.4. The summed E-state index contributed by atoms with van der Waals surface area (Å²) in [5, 5.41) is 11.5. The van der Waals surface area contributed by atoms with Gasteiger partial charge in [0.1, 0.15) is 17.6 Å². The molecule has 1 unspecified atom stereocenters. The first-order chi connectivity index (χ1) is 16.2. The molecular formula is C27H25N3O4. The lowest BCUT2D eigenvalue weighted by molar-refractivity contribution is -0.132. The Morgan fingerprint density at radius 3 is 2.53 bits per heavy atom. The van der Waals surface area contributed by atoms with Crippen molar-refractivity contribution in [3.05, 3.63) is 88.9 Å². The molecule has 5 rings (SSSR count). The predicted molar refractivity (Wildman–Crippen MR) is 129 cm³/mol. The Hall–Kier alpha value is -4.13. The highest BCUT2D eigenvalue weighted by Crippen LogP contribution is 2.42. The van der Waals surface area contributed by atoms with Crippen LogP contribution in [0, 0.1) is 6.92 Å². The summed E-state index contributed by atoms with van der Waals surface area (Å²) in [4.78, 5) is 35.5. The van der Waals surface area contributed by atoms with Gasteiger partial charge in [0, 0.05) is 5.56 Å². The SMILES string of the molecule is Cc1ccc(C(C)(C)C)cc1/C(O)=C1\C(=O)C(=O)N(c2nc3ccccc3[nH]2)C1c1ccco1. The van der Waals surface area contributed by atoms with Crippen LogP contribution in [0.2, 0.25) is 0 Å². The number of para-hydroxylation sites is 2. The zero-order chi connectivity index (χ0) is 24.2. The van der Waals surface area contributed by atoms with Crippen molar-refractivity contribution in [2.45, 2.75) is 39.2 Å². The Bertz CT molecular complexity index is 1420. The van der Waals surface area contributed by atoms with E-state index in [9.17, 15) is 14.7 Å². The number of nitrogens with one attached hydrogen (secondary N) is 1. The average Bonchev–Trinajstić information content (AvgIpc) is 3.51. The van der Waals surface area contributed by atoms with Crippen molar-refractivity contribution < 1.29 is 19.1 Å². The van der Waals surface area contributed by atoms with E-state index in [1.54, 1.807) is 12.1 Å². The van der Waals surface area contributed by atoms with E-state index in [1.165, 1.54) is 11.2 Å². The highest BCUT2D eigenvalue weighted by atomic mass is 16.3. The number of hydrogen-bond donors (Lipinski definition) is 2. The van der Waals surface area contributed by atoms with Crippen molar-refractivity contribution >= 4 is 34.4 Å². The lowest BCUT2D eigenvalue weighted by atomic mass is 9.84. The van der Waals surface area contributed by atoms with Gasteiger partial charge in [-0.15, -0.1) is 0 Å². The third kappa shape index (κ3) is 3.41. The topological polar surface area (TPSA) is 99.4 Å². The number of aromatic nitrogens is 2. The summed E-state index contributed by atoms with van der Waals surface area (Å²) in [6.07, 6.45) is 1.47. The van der Waals surface area contributed by atoms with E-state index in [4.69, 9.17) is 4.42 Å². The normalized spacial score (nSPS) is 18.2. The summed E-state index contributed by atoms with van der Waals surface area (Å²) in [5.74, 6) is -1.25. The number of aliphatic hydroxyl groups excluding tert-OH is 1. The number of aliphatic hydroxyl groups is 1. The molecular weight excluding hydrogens is 430 g/mol. The number of ketones is 1. The molecule has 4 aromatic rings. The van der Waals surface area contributed by atoms with Crippen LogP contribution in [0.25, 0.3) is 16.8 Å². The summed E-state index contributed by atoms with van der Waals surface area (Å²) in [5.41, 5.74) is 3.49. The third-order valence-electron chi connectivity index (χ3n) is 6.22. The Kier molecular flexibility index (Phi) is 4.93. The van der Waals surface area contributed by atoms with Gasteiger partial charge < -0.3 is 14.5 Å². The number of aromatic amines is 1. The second-order valence-corrected chi connectivity index (χ2v) is 9.54. The number of aryl methyl sites for hydroxylation is 1. The molecule has 2 aromatic carbocycles. The van der Waals surface area contributed by atoms with Crippen LogP contribution in [0.15, 0.2) is 70.9 Å². The minimum atomic E-state index is -0.965. The van der Waals surface area contributed by atoms with E-state index < -0.39 is 17.7 Å². The minimum Gasteiger partial charge on any atom is -0.507 e. The molecule has 1 saturated heterocycles. The molecule has 0 spiro atoms. The Balaban J connectivity index is 1.73. The van der Waals surface area contributed by atoms with Crippen LogP contribution in [0.1, 0.15) is 49.3 Å². The van der Waals surface area contributed by atoms with Gasteiger partial charge in [0.05, 0.1) is 22.9 Å². The standard InChI is InChI=1S/C27H25N3O4/c1-15-11-12-16(27(2,3)4)14-17(15)23(31)21-22(20-10-7-13-34-20)30(25(33)24(21)32)26-28-18-8-5-6-9-19(18)29-26/h5-14,22,31H,1-4H3,(H,28,29)/b23-21+. The van der Waals surface area contributed by atoms with Gasteiger partial charge in [0.2, 0.25) is 5.95 Å². The average molecular weight is 456 g/mol. The van der Waals surface area contributed by atoms with Crippen LogP contribution < -0.4 is 4.90 Å². The molecule has 0 aliphatic carbocycles. The number of hydrogen-bond acceptors (Lipinski definition) is 5. The van der Waals surface area contributed by atoms with E-state index >= 15 is 0 Å². The van der Waals surface area contributed by atoms with Gasteiger partial charge in [0.25, 0.3) is 5.78 Å². The number of H-pyrrole nitrogens is 1. The maximum atomic E-state index is 13.3. The largest absolute Gasteiger partial charge is 0.507 e. The van der Waals surface area contributed by atoms with E-state index in [0.717, 1.165) is 16.6 Å². The van der Waals surface area contributed by atoms with Crippen LogP contribution in [-0.4, -0.2) is 26.8 Å². The van der Waals surface area contributed by atoms with Gasteiger partial charge in [-0.2, -0.15) is 0 Å². The van der Waals surface area contributed by atoms with Crippen LogP contribution in [0.5, 0.6) is 0 Å². The third-order valence-corrected chi connectivity index (χ3v) is 6.22. The van der Waals surface area contributed by atoms with E-state index in [0.29, 0.717) is 16.8 Å². The molecule has 1 aliphatic rings. The zero-order valence-corrected chi connectivity index (χ0v) is 19.4. The van der Waals surface area contributed by atoms with E-state index in [1.807, 2.05) is 49.4 Å². The maximum Gasteiger partial charge on any atom is 0.302 e. The molecule has 1 amide bonds. The molecule has 34 heavy (non-hydrogen) atoms. The molecule has 7 nitrogen and oxygen atoms in total. The lowest BCUT2D eigenvalue weighted by Crippen LogP contribution is -2.30. The molecule has 1 fully saturated rings. The second kappa shape index (κ2) is 7.73. The fourth-order valence-corrected chi connectivity index (χ4v) is 4.31. The first-order valence-corrected chi connectivity index (χ1v) is 11.1. The fraction of sp³-hybridized carbons (Fsp3) is 0.222. The number of Topliss-reactive ketones (excluding diaryl/α,β-unsaturated/α-hetero) is 1. The number of amides is 1. The molecule has 0 bridgehead atoms. The van der Waals surface area contributed by atoms with Gasteiger partial charge in [-0.3, -0.25) is 14.5 Å². The van der Waals surface area contributed by atoms with Crippen molar-refractivity contribution in [3.8, 4) is 0 Å². The first-order valence-electron chi connectivity index (χ1n) is 11.1. The molecule has 172 valence electrons. The Labute approximate surface area is 196 Å². The van der Waals surface area contributed by atoms with Gasteiger partial charge in [-0.25, -0.2) is 4.98 Å². The number of nitrogens with zero attached hydrogens (tertiary/aromatic N) is 2. The van der Waals surface area contributed by atoms with E-state index in [2.05, 4.69) is 30.7 Å². The molecule has 1 aliphatic heterocycles. The number of carbonyl (C=O) groups is 2. The monoisotopic (exact) mass is 455 g/mol. The summed E-state index contributed by atoms with van der Waals surface area (Å²) in [6, 6.07) is 15.5. The first kappa shape index (κ1) is 21.7. The van der Waals surface area contributed by atoms with Gasteiger partial charge >= 0.3 is 5.91 Å². The smallest absolute Gasteiger partial charge is 0.302 e. The van der Waals surface area contributed by atoms with Gasteiger partial charge in [-0.05, 0) is 53.8 Å². The van der Waals surface area contributed by atoms with Crippen LogP contribution >= 0.6 is 0 Å². The highest BCUT2D eigenvalue weighted by Gasteiger charge is 2.49. The van der Waals surface area contributed by atoms with Crippen molar-refractivity contribution in [2.24, 2.45) is 0 Å². The summed E-state index contributed by atoms with van der Waals surface area (Å²) >= 11 is 0. The fourth-order valence-electron chi connectivity index (χ4n) is 4.31. The van der Waals surface area contributed by atoms with Crippen molar-refractivity contribution in [2.75, 3.05) is 4.90 Å². The minimum absolute atomic E-state index is 0.0328. The Morgan fingerprint density at radius 1 is 1.09 bits per heavy atom. The van der Waals surface area contributed by atoms with Crippen molar-refractivity contribution in [3.63, 3.8) is 0 Å². The molecule has 0 radical (unpaired) electrons. The predicted octanol–water partition coefficient (Wildman–Crippen LogP) is 5.39. The molecule has 0 saturated carbocycles. The number of carbonyl (C=O) groups excluding carboxylic acids is 2. The summed E-state index contributed by atoms with van der Waals surface area (Å²) < 4.78 is 5.63. The number of imidazole rings is 1. The van der Waals surface area contributed by atoms with Crippen LogP contribution in [-0.2, 0) is 15.0 Å².